The number of imidazole rings is 1. The zero-order chi connectivity index (χ0) is 17.1. The van der Waals surface area contributed by atoms with Crippen LogP contribution in [0.15, 0.2) is 55.4 Å². The molecule has 0 aliphatic heterocycles. The van der Waals surface area contributed by atoms with Crippen molar-refractivity contribution in [2.24, 2.45) is 0 Å². The third-order valence-corrected chi connectivity index (χ3v) is 3.83. The van der Waals surface area contributed by atoms with Crippen LogP contribution in [0, 0.1) is 0 Å². The minimum absolute atomic E-state index is 0.420. The van der Waals surface area contributed by atoms with Crippen molar-refractivity contribution in [3.8, 4) is 5.69 Å². The van der Waals surface area contributed by atoms with Crippen molar-refractivity contribution in [3.63, 3.8) is 0 Å². The summed E-state index contributed by atoms with van der Waals surface area (Å²) in [5.74, 6) is 1.36. The molecule has 0 aliphatic rings. The number of para-hydroxylation sites is 1. The second-order valence-electron chi connectivity index (χ2n) is 5.49. The number of fused-ring (bicyclic) bond motifs is 1. The molecule has 0 fully saturated rings. The number of benzene rings is 1. The third kappa shape index (κ3) is 3.07. The van der Waals surface area contributed by atoms with Crippen LogP contribution < -0.4 is 5.32 Å². The van der Waals surface area contributed by atoms with Crippen molar-refractivity contribution >= 4 is 11.6 Å². The molecule has 1 N–H and O–H groups in total. The molecule has 0 bridgehead atoms. The minimum Gasteiger partial charge on any atom is -0.378 e. The highest BCUT2D eigenvalue weighted by molar-refractivity contribution is 5.48. The van der Waals surface area contributed by atoms with Crippen LogP contribution in [0.3, 0.4) is 0 Å². The third-order valence-electron chi connectivity index (χ3n) is 3.83. The summed E-state index contributed by atoms with van der Waals surface area (Å²) in [6.07, 6.45) is 6.97. The fourth-order valence-electron chi connectivity index (χ4n) is 2.71. The van der Waals surface area contributed by atoms with Crippen molar-refractivity contribution in [2.45, 2.75) is 13.2 Å². The Morgan fingerprint density at radius 1 is 1.24 bits per heavy atom. The second kappa shape index (κ2) is 6.70. The molecule has 3 heterocycles. The monoisotopic (exact) mass is 335 g/mol. The lowest BCUT2D eigenvalue weighted by Gasteiger charge is -2.13. The van der Waals surface area contributed by atoms with E-state index in [-0.39, 0.29) is 0 Å². The van der Waals surface area contributed by atoms with Crippen molar-refractivity contribution in [1.82, 2.24) is 29.1 Å². The zero-order valence-electron chi connectivity index (χ0n) is 13.7. The van der Waals surface area contributed by atoms with E-state index < -0.39 is 0 Å². The van der Waals surface area contributed by atoms with E-state index in [1.165, 1.54) is 6.33 Å². The summed E-state index contributed by atoms with van der Waals surface area (Å²) in [5.41, 5.74) is 3.01. The Balaban J connectivity index is 1.64. The maximum Gasteiger partial charge on any atom is 0.254 e. The molecule has 0 saturated carbocycles. The van der Waals surface area contributed by atoms with Crippen LogP contribution in [0.2, 0.25) is 0 Å². The first-order valence-electron chi connectivity index (χ1n) is 7.84. The average Bonchev–Trinajstić information content (AvgIpc) is 3.32. The van der Waals surface area contributed by atoms with Crippen LogP contribution in [0.5, 0.6) is 0 Å². The molecule has 8 heteroatoms. The summed E-state index contributed by atoms with van der Waals surface area (Å²) in [5, 5.41) is 7.65. The molecule has 0 saturated heterocycles. The molecule has 0 unspecified atom stereocenters. The van der Waals surface area contributed by atoms with E-state index in [2.05, 4.69) is 37.5 Å². The number of hydrogen-bond acceptors (Lipinski definition) is 6. The number of nitrogens with one attached hydrogen (secondary N) is 1. The summed E-state index contributed by atoms with van der Waals surface area (Å²) in [6, 6.07) is 10.1. The van der Waals surface area contributed by atoms with E-state index in [4.69, 9.17) is 4.74 Å². The van der Waals surface area contributed by atoms with Crippen molar-refractivity contribution in [1.29, 1.82) is 0 Å². The van der Waals surface area contributed by atoms with Gasteiger partial charge in [0, 0.05) is 32.1 Å². The topological polar surface area (TPSA) is 82.2 Å². The molecule has 3 aromatic heterocycles. The van der Waals surface area contributed by atoms with E-state index in [1.807, 2.05) is 29.0 Å². The summed E-state index contributed by atoms with van der Waals surface area (Å²) in [4.78, 5) is 12.7. The van der Waals surface area contributed by atoms with Crippen LogP contribution in [0.25, 0.3) is 11.5 Å². The van der Waals surface area contributed by atoms with Gasteiger partial charge in [0.1, 0.15) is 12.1 Å². The van der Waals surface area contributed by atoms with Crippen molar-refractivity contribution in [2.75, 3.05) is 12.4 Å². The zero-order valence-corrected chi connectivity index (χ0v) is 13.7. The summed E-state index contributed by atoms with van der Waals surface area (Å²) in [7, 11) is 1.64. The Kier molecular flexibility index (Phi) is 4.09. The quantitative estimate of drug-likeness (QED) is 0.581. The number of rotatable bonds is 6. The van der Waals surface area contributed by atoms with Gasteiger partial charge in [-0.1, -0.05) is 18.2 Å². The van der Waals surface area contributed by atoms with Gasteiger partial charge in [0.15, 0.2) is 0 Å². The van der Waals surface area contributed by atoms with Gasteiger partial charge in [-0.05, 0) is 11.6 Å². The highest BCUT2D eigenvalue weighted by atomic mass is 16.5. The molecule has 0 spiro atoms. The number of methoxy groups -OCH3 is 1. The molecular weight excluding hydrogens is 318 g/mol. The Bertz CT molecular complexity index is 978. The molecular formula is C17H17N7O. The van der Waals surface area contributed by atoms with E-state index in [1.54, 1.807) is 24.1 Å². The van der Waals surface area contributed by atoms with Gasteiger partial charge in [0.05, 0.1) is 24.3 Å². The normalized spacial score (nSPS) is 11.1. The Morgan fingerprint density at radius 2 is 2.16 bits per heavy atom. The molecule has 1 aromatic carbocycles. The second-order valence-corrected chi connectivity index (χ2v) is 5.49. The van der Waals surface area contributed by atoms with E-state index in [9.17, 15) is 0 Å². The fraction of sp³-hybridized carbons (Fsp3) is 0.176. The molecule has 25 heavy (non-hydrogen) atoms. The molecule has 0 amide bonds. The number of hydrogen-bond donors (Lipinski definition) is 1. The van der Waals surface area contributed by atoms with Crippen molar-refractivity contribution in [3.05, 3.63) is 66.6 Å². The molecule has 0 atom stereocenters. The molecule has 126 valence electrons. The first-order chi connectivity index (χ1) is 12.3. The Labute approximate surface area is 144 Å². The summed E-state index contributed by atoms with van der Waals surface area (Å²) in [6.45, 7) is 1.05. The van der Waals surface area contributed by atoms with Crippen LogP contribution in [-0.2, 0) is 17.9 Å². The predicted molar refractivity (Wildman–Crippen MR) is 92.4 cm³/mol. The predicted octanol–water partition coefficient (Wildman–Crippen LogP) is 2.07. The molecule has 4 aromatic rings. The highest BCUT2D eigenvalue weighted by Gasteiger charge is 2.09. The van der Waals surface area contributed by atoms with Gasteiger partial charge >= 0.3 is 0 Å². The van der Waals surface area contributed by atoms with E-state index in [0.717, 1.165) is 22.8 Å². The summed E-state index contributed by atoms with van der Waals surface area (Å²) >= 11 is 0. The minimum atomic E-state index is 0.420. The van der Waals surface area contributed by atoms with Crippen LogP contribution in [0.1, 0.15) is 11.3 Å². The molecule has 4 rings (SSSR count). The van der Waals surface area contributed by atoms with Gasteiger partial charge < -0.3 is 14.6 Å². The number of aromatic nitrogens is 6. The van der Waals surface area contributed by atoms with Gasteiger partial charge in [0.2, 0.25) is 0 Å². The van der Waals surface area contributed by atoms with Gasteiger partial charge in [-0.25, -0.2) is 9.97 Å². The lowest BCUT2D eigenvalue weighted by atomic mass is 10.1. The Hall–Kier alpha value is -3.26. The lowest BCUT2D eigenvalue weighted by molar-refractivity contribution is 0.181. The number of nitrogens with zero attached hydrogens (tertiary/aromatic N) is 6. The fourth-order valence-corrected chi connectivity index (χ4v) is 2.71. The van der Waals surface area contributed by atoms with Crippen LogP contribution in [0.4, 0.5) is 5.82 Å². The van der Waals surface area contributed by atoms with Crippen LogP contribution >= 0.6 is 0 Å². The average molecular weight is 335 g/mol. The van der Waals surface area contributed by atoms with Crippen molar-refractivity contribution < 1.29 is 4.74 Å². The SMILES string of the molecule is COCc1cc(NCc2ccccc2-n2ccnc2)n2ncnc2n1. The van der Waals surface area contributed by atoms with E-state index in [0.29, 0.717) is 18.9 Å². The van der Waals surface area contributed by atoms with Gasteiger partial charge in [-0.2, -0.15) is 14.6 Å². The Morgan fingerprint density at radius 3 is 3.00 bits per heavy atom. The van der Waals surface area contributed by atoms with E-state index >= 15 is 0 Å². The van der Waals surface area contributed by atoms with Crippen LogP contribution in [-0.4, -0.2) is 36.2 Å². The number of anilines is 1. The number of ether oxygens (including phenoxy) is 1. The largest absolute Gasteiger partial charge is 0.378 e. The van der Waals surface area contributed by atoms with Gasteiger partial charge in [-0.15, -0.1) is 0 Å². The standard InChI is InChI=1S/C17H17N7O/c1-25-10-14-8-16(24-17(22-14)20-11-21-24)19-9-13-4-2-3-5-15(13)23-7-6-18-12-23/h2-8,11-12,19H,9-10H2,1H3. The smallest absolute Gasteiger partial charge is 0.254 e. The van der Waals surface area contributed by atoms with Gasteiger partial charge in [0.25, 0.3) is 5.78 Å². The summed E-state index contributed by atoms with van der Waals surface area (Å²) < 4.78 is 8.85. The first kappa shape index (κ1) is 15.3. The molecule has 0 aliphatic carbocycles. The maximum atomic E-state index is 5.18. The first-order valence-corrected chi connectivity index (χ1v) is 7.84. The van der Waals surface area contributed by atoms with Gasteiger partial charge in [-0.3, -0.25) is 0 Å². The molecule has 0 radical (unpaired) electrons. The maximum absolute atomic E-state index is 5.18. The lowest BCUT2D eigenvalue weighted by Crippen LogP contribution is -2.09. The highest BCUT2D eigenvalue weighted by Crippen LogP contribution is 2.17. The molecule has 8 nitrogen and oxygen atoms in total.